The molecule has 1 aliphatic rings. The van der Waals surface area contributed by atoms with Gasteiger partial charge in [0, 0.05) is 23.5 Å². The molecule has 0 bridgehead atoms. The Hall–Kier alpha value is -1.75. The van der Waals surface area contributed by atoms with Gasteiger partial charge in [-0.05, 0) is 52.0 Å². The topological polar surface area (TPSA) is 50.8 Å². The maximum absolute atomic E-state index is 11.6. The van der Waals surface area contributed by atoms with E-state index in [9.17, 15) is 4.79 Å². The van der Waals surface area contributed by atoms with Gasteiger partial charge in [-0.2, -0.15) is 0 Å². The summed E-state index contributed by atoms with van der Waals surface area (Å²) in [6.07, 6.45) is 0. The third-order valence-electron chi connectivity index (χ3n) is 3.86. The van der Waals surface area contributed by atoms with Crippen molar-refractivity contribution >= 4 is 17.3 Å². The number of nitrogens with one attached hydrogen (secondary N) is 1. The highest BCUT2D eigenvalue weighted by molar-refractivity contribution is 5.78. The first-order valence-electron chi connectivity index (χ1n) is 7.92. The van der Waals surface area contributed by atoms with Crippen LogP contribution in [0, 0.1) is 0 Å². The van der Waals surface area contributed by atoms with Crippen molar-refractivity contribution in [3.8, 4) is 0 Å². The van der Waals surface area contributed by atoms with Crippen molar-refractivity contribution in [2.75, 3.05) is 30.0 Å². The summed E-state index contributed by atoms with van der Waals surface area (Å²) < 4.78 is 10.6. The van der Waals surface area contributed by atoms with Crippen molar-refractivity contribution in [3.63, 3.8) is 0 Å². The molecule has 3 unspecified atom stereocenters. The lowest BCUT2D eigenvalue weighted by Crippen LogP contribution is -2.49. The molecule has 0 aliphatic carbocycles. The molecule has 0 aromatic heterocycles. The fraction of sp³-hybridized carbons (Fsp3) is 0.588. The van der Waals surface area contributed by atoms with Crippen LogP contribution in [0.1, 0.15) is 27.7 Å². The average molecular weight is 306 g/mol. The Kier molecular flexibility index (Phi) is 5.66. The Balaban J connectivity index is 2.02. The van der Waals surface area contributed by atoms with E-state index in [0.29, 0.717) is 18.7 Å². The highest BCUT2D eigenvalue weighted by Crippen LogP contribution is 2.25. The molecule has 5 nitrogen and oxygen atoms in total. The number of benzene rings is 1. The Morgan fingerprint density at radius 2 is 1.91 bits per heavy atom. The summed E-state index contributed by atoms with van der Waals surface area (Å²) in [7, 11) is 0. The van der Waals surface area contributed by atoms with E-state index in [-0.39, 0.29) is 12.0 Å². The average Bonchev–Trinajstić information content (AvgIpc) is 2.49. The van der Waals surface area contributed by atoms with Crippen LogP contribution < -0.4 is 10.2 Å². The van der Waals surface area contributed by atoms with Gasteiger partial charge >= 0.3 is 5.97 Å². The van der Waals surface area contributed by atoms with E-state index in [0.717, 1.165) is 18.9 Å². The minimum atomic E-state index is -0.355. The van der Waals surface area contributed by atoms with Crippen LogP contribution >= 0.6 is 0 Å². The van der Waals surface area contributed by atoms with Gasteiger partial charge < -0.3 is 19.7 Å². The zero-order valence-corrected chi connectivity index (χ0v) is 13.8. The van der Waals surface area contributed by atoms with Gasteiger partial charge in [0.15, 0.2) is 0 Å². The van der Waals surface area contributed by atoms with E-state index < -0.39 is 0 Å². The highest BCUT2D eigenvalue weighted by atomic mass is 16.5. The molecule has 1 heterocycles. The summed E-state index contributed by atoms with van der Waals surface area (Å²) >= 11 is 0. The van der Waals surface area contributed by atoms with Gasteiger partial charge in [-0.25, -0.2) is 4.79 Å². The Morgan fingerprint density at radius 3 is 2.45 bits per heavy atom. The van der Waals surface area contributed by atoms with Crippen LogP contribution in [-0.2, 0) is 14.3 Å². The summed E-state index contributed by atoms with van der Waals surface area (Å²) in [5.41, 5.74) is 2.09. The number of hydrogen-bond donors (Lipinski definition) is 1. The minimum Gasteiger partial charge on any atom is -0.464 e. The van der Waals surface area contributed by atoms with Crippen molar-refractivity contribution in [1.82, 2.24) is 0 Å². The van der Waals surface area contributed by atoms with Crippen LogP contribution in [0.3, 0.4) is 0 Å². The normalized spacial score (nSPS) is 23.0. The largest absolute Gasteiger partial charge is 0.464 e. The first kappa shape index (κ1) is 16.6. The zero-order valence-electron chi connectivity index (χ0n) is 13.8. The van der Waals surface area contributed by atoms with E-state index in [2.05, 4.69) is 36.2 Å². The van der Waals surface area contributed by atoms with Gasteiger partial charge in [0.05, 0.1) is 19.8 Å². The fourth-order valence-corrected chi connectivity index (χ4v) is 2.82. The molecule has 1 saturated heterocycles. The second kappa shape index (κ2) is 7.49. The second-order valence-corrected chi connectivity index (χ2v) is 5.81. The number of carbonyl (C=O) groups is 1. The molecule has 122 valence electrons. The SMILES string of the molecule is CCOC(=O)C(C)Nc1ccc(N2C(C)COCC2C)cc1. The summed E-state index contributed by atoms with van der Waals surface area (Å²) in [6, 6.07) is 8.53. The first-order valence-corrected chi connectivity index (χ1v) is 7.92. The van der Waals surface area contributed by atoms with Crippen LogP contribution in [0.15, 0.2) is 24.3 Å². The molecule has 5 heteroatoms. The molecular formula is C17H26N2O3. The number of esters is 1. The monoisotopic (exact) mass is 306 g/mol. The van der Waals surface area contributed by atoms with Crippen molar-refractivity contribution in [3.05, 3.63) is 24.3 Å². The zero-order chi connectivity index (χ0) is 16.1. The molecule has 1 aromatic rings. The molecule has 2 rings (SSSR count). The van der Waals surface area contributed by atoms with Crippen molar-refractivity contribution in [2.45, 2.75) is 45.8 Å². The van der Waals surface area contributed by atoms with Gasteiger partial charge in [0.25, 0.3) is 0 Å². The Morgan fingerprint density at radius 1 is 1.32 bits per heavy atom. The number of morpholine rings is 1. The van der Waals surface area contributed by atoms with Crippen LogP contribution in [0.2, 0.25) is 0 Å². The molecular weight excluding hydrogens is 280 g/mol. The minimum absolute atomic E-state index is 0.234. The maximum Gasteiger partial charge on any atom is 0.328 e. The van der Waals surface area contributed by atoms with Crippen LogP contribution in [0.4, 0.5) is 11.4 Å². The lowest BCUT2D eigenvalue weighted by Gasteiger charge is -2.40. The Labute approximate surface area is 132 Å². The predicted octanol–water partition coefficient (Wildman–Crippen LogP) is 2.66. The van der Waals surface area contributed by atoms with Crippen LogP contribution in [0.5, 0.6) is 0 Å². The van der Waals surface area contributed by atoms with Crippen molar-refractivity contribution < 1.29 is 14.3 Å². The molecule has 3 atom stereocenters. The lowest BCUT2D eigenvalue weighted by molar-refractivity contribution is -0.143. The van der Waals surface area contributed by atoms with Gasteiger partial charge in [0.2, 0.25) is 0 Å². The van der Waals surface area contributed by atoms with E-state index in [4.69, 9.17) is 9.47 Å². The highest BCUT2D eigenvalue weighted by Gasteiger charge is 2.25. The second-order valence-electron chi connectivity index (χ2n) is 5.81. The summed E-state index contributed by atoms with van der Waals surface area (Å²) in [5.74, 6) is -0.234. The van der Waals surface area contributed by atoms with E-state index >= 15 is 0 Å². The number of ether oxygens (including phenoxy) is 2. The molecule has 0 saturated carbocycles. The van der Waals surface area contributed by atoms with E-state index in [1.54, 1.807) is 6.92 Å². The van der Waals surface area contributed by atoms with E-state index in [1.165, 1.54) is 5.69 Å². The maximum atomic E-state index is 11.6. The van der Waals surface area contributed by atoms with Gasteiger partial charge in [-0.15, -0.1) is 0 Å². The smallest absolute Gasteiger partial charge is 0.328 e. The first-order chi connectivity index (χ1) is 10.5. The molecule has 0 spiro atoms. The molecule has 0 radical (unpaired) electrons. The molecule has 1 aromatic carbocycles. The fourth-order valence-electron chi connectivity index (χ4n) is 2.82. The predicted molar refractivity (Wildman–Crippen MR) is 88.4 cm³/mol. The summed E-state index contributed by atoms with van der Waals surface area (Å²) in [6.45, 7) is 9.86. The molecule has 22 heavy (non-hydrogen) atoms. The molecule has 1 aliphatic heterocycles. The van der Waals surface area contributed by atoms with Gasteiger partial charge in [0.1, 0.15) is 6.04 Å². The number of rotatable bonds is 5. The Bertz CT molecular complexity index is 479. The number of anilines is 2. The van der Waals surface area contributed by atoms with Gasteiger partial charge in [-0.1, -0.05) is 0 Å². The third kappa shape index (κ3) is 3.91. The van der Waals surface area contributed by atoms with E-state index in [1.807, 2.05) is 19.1 Å². The number of carbonyl (C=O) groups excluding carboxylic acids is 1. The molecule has 1 N–H and O–H groups in total. The van der Waals surface area contributed by atoms with Crippen molar-refractivity contribution in [2.24, 2.45) is 0 Å². The third-order valence-corrected chi connectivity index (χ3v) is 3.86. The number of hydrogen-bond acceptors (Lipinski definition) is 5. The van der Waals surface area contributed by atoms with Crippen LogP contribution in [-0.4, -0.2) is 43.9 Å². The van der Waals surface area contributed by atoms with Crippen molar-refractivity contribution in [1.29, 1.82) is 0 Å². The lowest BCUT2D eigenvalue weighted by atomic mass is 10.1. The molecule has 0 amide bonds. The summed E-state index contributed by atoms with van der Waals surface area (Å²) in [5, 5.41) is 3.16. The molecule has 1 fully saturated rings. The van der Waals surface area contributed by atoms with Crippen LogP contribution in [0.25, 0.3) is 0 Å². The quantitative estimate of drug-likeness (QED) is 0.848. The van der Waals surface area contributed by atoms with Gasteiger partial charge in [-0.3, -0.25) is 0 Å². The standard InChI is InChI=1S/C17H26N2O3/c1-5-22-17(20)14(4)18-15-6-8-16(9-7-15)19-12(2)10-21-11-13(19)3/h6-9,12-14,18H,5,10-11H2,1-4H3. The summed E-state index contributed by atoms with van der Waals surface area (Å²) in [4.78, 5) is 14.0. The number of nitrogens with zero attached hydrogens (tertiary/aromatic N) is 1.